The second kappa shape index (κ2) is 7.11. The van der Waals surface area contributed by atoms with Crippen molar-refractivity contribution < 1.29 is 14.3 Å². The molecular formula is C16H24N2O3. The number of alkyl carbamates (subject to hydrolysis) is 1. The maximum atomic E-state index is 11.6. The summed E-state index contributed by atoms with van der Waals surface area (Å²) >= 11 is 0. The van der Waals surface area contributed by atoms with E-state index >= 15 is 0 Å². The van der Waals surface area contributed by atoms with Gasteiger partial charge in [-0.1, -0.05) is 6.08 Å². The largest absolute Gasteiger partial charge is 0.619 e. The Bertz CT molecular complexity index is 518. The predicted octanol–water partition coefficient (Wildman–Crippen LogP) is 3.03. The molecule has 116 valence electrons. The van der Waals surface area contributed by atoms with Crippen molar-refractivity contribution >= 4 is 11.7 Å². The average Bonchev–Trinajstić information content (AvgIpc) is 2.33. The zero-order chi connectivity index (χ0) is 16.0. The lowest BCUT2D eigenvalue weighted by Crippen LogP contribution is -2.37. The summed E-state index contributed by atoms with van der Waals surface area (Å²) in [5.41, 5.74) is 1.37. The van der Waals surface area contributed by atoms with E-state index in [4.69, 9.17) is 4.74 Å². The molecule has 1 N–H and O–H groups in total. The topological polar surface area (TPSA) is 65.3 Å². The monoisotopic (exact) mass is 292 g/mol. The van der Waals surface area contributed by atoms with Crippen LogP contribution in [-0.4, -0.2) is 17.7 Å². The quantitative estimate of drug-likeness (QED) is 0.685. The molecule has 1 amide bonds. The van der Waals surface area contributed by atoms with Gasteiger partial charge >= 0.3 is 6.09 Å². The van der Waals surface area contributed by atoms with Crippen molar-refractivity contribution in [2.75, 3.05) is 0 Å². The number of rotatable bonds is 4. The van der Waals surface area contributed by atoms with Crippen LogP contribution in [0.4, 0.5) is 4.79 Å². The fraction of sp³-hybridized carbons (Fsp3) is 0.500. The number of pyridine rings is 1. The molecule has 1 atom stereocenters. The van der Waals surface area contributed by atoms with Crippen LogP contribution in [0.2, 0.25) is 0 Å². The molecule has 0 spiro atoms. The van der Waals surface area contributed by atoms with Gasteiger partial charge in [-0.2, -0.15) is 4.73 Å². The van der Waals surface area contributed by atoms with E-state index in [2.05, 4.69) is 5.32 Å². The van der Waals surface area contributed by atoms with E-state index in [1.807, 2.05) is 46.8 Å². The third kappa shape index (κ3) is 6.79. The molecule has 0 bridgehead atoms. The molecule has 0 fully saturated rings. The van der Waals surface area contributed by atoms with Gasteiger partial charge in [0.25, 0.3) is 0 Å². The Morgan fingerprint density at radius 2 is 2.19 bits per heavy atom. The van der Waals surface area contributed by atoms with Crippen molar-refractivity contribution in [3.63, 3.8) is 0 Å². The predicted molar refractivity (Wildman–Crippen MR) is 82.5 cm³/mol. The molecule has 1 heterocycles. The Balaban J connectivity index is 2.53. The van der Waals surface area contributed by atoms with Gasteiger partial charge in [0.2, 0.25) is 0 Å². The van der Waals surface area contributed by atoms with E-state index < -0.39 is 11.7 Å². The lowest BCUT2D eigenvalue weighted by molar-refractivity contribution is -0.605. The molecule has 21 heavy (non-hydrogen) atoms. The zero-order valence-corrected chi connectivity index (χ0v) is 13.3. The standard InChI is InChI=1S/C16H24N2O3/c1-12(14-7-6-10-18(20)11-14)8-9-13(2)17-15(19)21-16(3,4)5/h6-8,10-11,13H,9H2,1-5H3,(H,17,19). The molecule has 0 aliphatic rings. The van der Waals surface area contributed by atoms with Gasteiger partial charge in [0.1, 0.15) is 5.60 Å². The Labute approximate surface area is 126 Å². The summed E-state index contributed by atoms with van der Waals surface area (Å²) in [7, 11) is 0. The maximum absolute atomic E-state index is 11.6. The lowest BCUT2D eigenvalue weighted by atomic mass is 10.1. The van der Waals surface area contributed by atoms with Crippen LogP contribution in [0, 0.1) is 5.21 Å². The smallest absolute Gasteiger partial charge is 0.407 e. The third-order valence-electron chi connectivity index (χ3n) is 2.77. The molecule has 1 unspecified atom stereocenters. The number of allylic oxidation sites excluding steroid dienone is 1. The normalized spacial score (nSPS) is 13.7. The second-order valence-corrected chi connectivity index (χ2v) is 6.12. The molecule has 5 nitrogen and oxygen atoms in total. The molecular weight excluding hydrogens is 268 g/mol. The molecule has 1 rings (SSSR count). The number of nitrogens with one attached hydrogen (secondary N) is 1. The van der Waals surface area contributed by atoms with Crippen molar-refractivity contribution in [2.45, 2.75) is 52.7 Å². The van der Waals surface area contributed by atoms with Crippen molar-refractivity contribution in [1.82, 2.24) is 5.32 Å². The van der Waals surface area contributed by atoms with Crippen LogP contribution in [0.3, 0.4) is 0 Å². The van der Waals surface area contributed by atoms with Crippen LogP contribution < -0.4 is 10.0 Å². The van der Waals surface area contributed by atoms with E-state index in [0.29, 0.717) is 6.42 Å². The maximum Gasteiger partial charge on any atom is 0.407 e. The minimum Gasteiger partial charge on any atom is -0.619 e. The number of aromatic nitrogens is 1. The number of amides is 1. The highest BCUT2D eigenvalue weighted by Gasteiger charge is 2.17. The first-order valence-electron chi connectivity index (χ1n) is 7.03. The summed E-state index contributed by atoms with van der Waals surface area (Å²) < 4.78 is 5.97. The molecule has 0 aliphatic carbocycles. The number of carbonyl (C=O) groups excluding carboxylic acids is 1. The fourth-order valence-corrected chi connectivity index (χ4v) is 1.73. The van der Waals surface area contributed by atoms with Crippen molar-refractivity contribution in [1.29, 1.82) is 0 Å². The molecule has 5 heteroatoms. The van der Waals surface area contributed by atoms with Gasteiger partial charge in [0.05, 0.1) is 0 Å². The minimum atomic E-state index is -0.499. The van der Waals surface area contributed by atoms with Gasteiger partial charge in [-0.25, -0.2) is 4.79 Å². The van der Waals surface area contributed by atoms with Gasteiger partial charge in [-0.3, -0.25) is 0 Å². The van der Waals surface area contributed by atoms with Gasteiger partial charge in [-0.15, -0.1) is 0 Å². The molecule has 1 aromatic heterocycles. The first-order valence-corrected chi connectivity index (χ1v) is 7.03. The second-order valence-electron chi connectivity index (χ2n) is 6.12. The molecule has 1 aromatic rings. The molecule has 0 aromatic carbocycles. The number of ether oxygens (including phenoxy) is 1. The van der Waals surface area contributed by atoms with E-state index in [9.17, 15) is 10.0 Å². The Kier molecular flexibility index (Phi) is 5.76. The van der Waals surface area contributed by atoms with Crippen LogP contribution in [0.15, 0.2) is 30.6 Å². The zero-order valence-electron chi connectivity index (χ0n) is 13.3. The molecule has 0 aliphatic heterocycles. The van der Waals surface area contributed by atoms with Crippen LogP contribution >= 0.6 is 0 Å². The number of hydrogen-bond acceptors (Lipinski definition) is 3. The van der Waals surface area contributed by atoms with Crippen molar-refractivity contribution in [3.05, 3.63) is 41.4 Å². The highest BCUT2D eigenvalue weighted by atomic mass is 16.6. The first-order chi connectivity index (χ1) is 9.67. The third-order valence-corrected chi connectivity index (χ3v) is 2.77. The van der Waals surface area contributed by atoms with E-state index in [-0.39, 0.29) is 6.04 Å². The first kappa shape index (κ1) is 17.0. The molecule has 0 radical (unpaired) electrons. The number of hydrogen-bond donors (Lipinski definition) is 1. The summed E-state index contributed by atoms with van der Waals surface area (Å²) in [5.74, 6) is 0. The SMILES string of the molecule is CC(=CCC(C)NC(=O)OC(C)(C)C)c1ccc[n+]([O-])c1. The van der Waals surface area contributed by atoms with Gasteiger partial charge in [0.15, 0.2) is 12.4 Å². The summed E-state index contributed by atoms with van der Waals surface area (Å²) in [6, 6.07) is 3.55. The van der Waals surface area contributed by atoms with Gasteiger partial charge in [0, 0.05) is 17.7 Å². The van der Waals surface area contributed by atoms with Crippen LogP contribution in [0.25, 0.3) is 5.57 Å². The summed E-state index contributed by atoms with van der Waals surface area (Å²) in [4.78, 5) is 11.6. The minimum absolute atomic E-state index is 0.0436. The Hall–Kier alpha value is -2.04. The Morgan fingerprint density at radius 1 is 1.52 bits per heavy atom. The van der Waals surface area contributed by atoms with Gasteiger partial charge < -0.3 is 15.3 Å². The van der Waals surface area contributed by atoms with Crippen molar-refractivity contribution in [3.8, 4) is 0 Å². The van der Waals surface area contributed by atoms with E-state index in [0.717, 1.165) is 15.9 Å². The average molecular weight is 292 g/mol. The number of carbonyl (C=O) groups is 1. The number of nitrogens with zero attached hydrogens (tertiary/aromatic N) is 1. The lowest BCUT2D eigenvalue weighted by Gasteiger charge is -2.21. The fourth-order valence-electron chi connectivity index (χ4n) is 1.73. The molecule has 0 saturated heterocycles. The highest BCUT2D eigenvalue weighted by molar-refractivity contribution is 5.68. The van der Waals surface area contributed by atoms with Crippen LogP contribution in [-0.2, 0) is 4.74 Å². The Morgan fingerprint density at radius 3 is 2.76 bits per heavy atom. The summed E-state index contributed by atoms with van der Waals surface area (Å²) in [6.07, 6.45) is 5.22. The van der Waals surface area contributed by atoms with Crippen molar-refractivity contribution in [2.24, 2.45) is 0 Å². The van der Waals surface area contributed by atoms with E-state index in [1.54, 1.807) is 6.07 Å². The summed E-state index contributed by atoms with van der Waals surface area (Å²) in [5, 5.41) is 14.0. The molecule has 0 saturated carbocycles. The highest BCUT2D eigenvalue weighted by Crippen LogP contribution is 2.13. The van der Waals surface area contributed by atoms with E-state index in [1.165, 1.54) is 12.4 Å². The summed E-state index contributed by atoms with van der Waals surface area (Å²) in [6.45, 7) is 9.33. The van der Waals surface area contributed by atoms with Crippen LogP contribution in [0.5, 0.6) is 0 Å². The van der Waals surface area contributed by atoms with Crippen LogP contribution in [0.1, 0.15) is 46.6 Å². The van der Waals surface area contributed by atoms with Gasteiger partial charge in [-0.05, 0) is 52.7 Å².